The molecule has 1 aliphatic heterocycles. The molecule has 2 atom stereocenters. The van der Waals surface area contributed by atoms with Gasteiger partial charge in [-0.1, -0.05) is 79.4 Å². The van der Waals surface area contributed by atoms with E-state index in [4.69, 9.17) is 11.6 Å². The second-order valence-electron chi connectivity index (χ2n) is 8.81. The number of rotatable bonds is 6. The van der Waals surface area contributed by atoms with Gasteiger partial charge in [0.25, 0.3) is 0 Å². The third-order valence-corrected chi connectivity index (χ3v) is 6.32. The van der Waals surface area contributed by atoms with Crippen LogP contribution in [0.1, 0.15) is 45.2 Å². The fourth-order valence-corrected chi connectivity index (χ4v) is 4.02. The zero-order valence-electron chi connectivity index (χ0n) is 19.3. The van der Waals surface area contributed by atoms with Crippen molar-refractivity contribution in [2.24, 2.45) is 5.92 Å². The van der Waals surface area contributed by atoms with Crippen molar-refractivity contribution >= 4 is 23.2 Å². The fourth-order valence-electron chi connectivity index (χ4n) is 3.68. The van der Waals surface area contributed by atoms with Gasteiger partial charge < -0.3 is 10.0 Å². The molecule has 3 rings (SSSR count). The predicted molar refractivity (Wildman–Crippen MR) is 129 cm³/mol. The van der Waals surface area contributed by atoms with E-state index in [1.807, 2.05) is 48.2 Å². The first-order chi connectivity index (χ1) is 15.0. The molecule has 1 aliphatic carbocycles. The van der Waals surface area contributed by atoms with Gasteiger partial charge in [-0.25, -0.2) is 0 Å². The third kappa shape index (κ3) is 4.87. The highest BCUT2D eigenvalue weighted by Gasteiger charge is 2.48. The van der Waals surface area contributed by atoms with Gasteiger partial charge in [0.15, 0.2) is 5.60 Å². The molecule has 1 N–H and O–H groups in total. The molecule has 0 amide bonds. The number of allylic oxidation sites excluding steroid dienone is 6. The zero-order chi connectivity index (χ0) is 23.6. The van der Waals surface area contributed by atoms with Gasteiger partial charge in [0.05, 0.1) is 5.03 Å². The number of Topliss-reactive ketones (excluding diaryl/α,β-unsaturated/α-hetero) is 2. The number of nitrogens with zero attached hydrogens (tertiary/aromatic N) is 1. The SMILES string of the molecule is CC[C@H](C)/C=C(C)/C=C/C1=CC2=C(Cl)C(=O)[C@](C)(O)C(=O)C2=CN1Cc1ccc(C)cc1. The lowest BCUT2D eigenvalue weighted by atomic mass is 9.79. The molecule has 4 nitrogen and oxygen atoms in total. The van der Waals surface area contributed by atoms with E-state index in [-0.39, 0.29) is 10.6 Å². The highest BCUT2D eigenvalue weighted by Crippen LogP contribution is 2.38. The van der Waals surface area contributed by atoms with Gasteiger partial charge in [0.2, 0.25) is 11.6 Å². The van der Waals surface area contributed by atoms with Gasteiger partial charge in [-0.2, -0.15) is 0 Å². The number of carbonyl (C=O) groups is 2. The summed E-state index contributed by atoms with van der Waals surface area (Å²) in [4.78, 5) is 27.3. The van der Waals surface area contributed by atoms with Crippen LogP contribution in [0.25, 0.3) is 0 Å². The van der Waals surface area contributed by atoms with Crippen LogP contribution in [0.15, 0.2) is 82.2 Å². The summed E-state index contributed by atoms with van der Waals surface area (Å²) in [5.41, 5.74) is 2.63. The maximum Gasteiger partial charge on any atom is 0.214 e. The lowest BCUT2D eigenvalue weighted by Crippen LogP contribution is -2.48. The molecule has 0 saturated heterocycles. The van der Waals surface area contributed by atoms with E-state index >= 15 is 0 Å². The molecule has 0 spiro atoms. The van der Waals surface area contributed by atoms with E-state index in [1.54, 1.807) is 12.3 Å². The predicted octanol–water partition coefficient (Wildman–Crippen LogP) is 5.52. The van der Waals surface area contributed by atoms with E-state index in [0.717, 1.165) is 23.3 Å². The summed E-state index contributed by atoms with van der Waals surface area (Å²) in [6, 6.07) is 8.18. The minimum absolute atomic E-state index is 0.117. The van der Waals surface area contributed by atoms with Crippen LogP contribution in [-0.2, 0) is 16.1 Å². The van der Waals surface area contributed by atoms with Crippen LogP contribution in [0.2, 0.25) is 0 Å². The minimum Gasteiger partial charge on any atom is -0.374 e. The highest BCUT2D eigenvalue weighted by atomic mass is 35.5. The second kappa shape index (κ2) is 9.43. The quantitative estimate of drug-likeness (QED) is 0.456. The molecule has 1 heterocycles. The Morgan fingerprint density at radius 1 is 1.22 bits per heavy atom. The Kier molecular flexibility index (Phi) is 7.06. The Hall–Kier alpha value is -2.69. The molecule has 1 aromatic rings. The largest absolute Gasteiger partial charge is 0.374 e. The monoisotopic (exact) mass is 451 g/mol. The van der Waals surface area contributed by atoms with Crippen LogP contribution in [0.4, 0.5) is 0 Å². The number of aliphatic hydroxyl groups is 1. The number of benzene rings is 1. The first-order valence-electron chi connectivity index (χ1n) is 10.9. The molecule has 0 radical (unpaired) electrons. The van der Waals surface area contributed by atoms with Crippen molar-refractivity contribution in [1.29, 1.82) is 0 Å². The van der Waals surface area contributed by atoms with Crippen LogP contribution in [-0.4, -0.2) is 27.2 Å². The minimum atomic E-state index is -2.15. The first-order valence-corrected chi connectivity index (χ1v) is 11.3. The Morgan fingerprint density at radius 3 is 2.50 bits per heavy atom. The fraction of sp³-hybridized carbons (Fsp3) is 0.333. The lowest BCUT2D eigenvalue weighted by Gasteiger charge is -2.34. The Morgan fingerprint density at radius 2 is 1.88 bits per heavy atom. The summed E-state index contributed by atoms with van der Waals surface area (Å²) in [5.74, 6) is -0.929. The van der Waals surface area contributed by atoms with E-state index in [9.17, 15) is 14.7 Å². The van der Waals surface area contributed by atoms with E-state index in [0.29, 0.717) is 18.0 Å². The van der Waals surface area contributed by atoms with Crippen molar-refractivity contribution in [2.45, 2.75) is 53.2 Å². The van der Waals surface area contributed by atoms with E-state index in [1.165, 1.54) is 12.5 Å². The van der Waals surface area contributed by atoms with Gasteiger partial charge in [-0.15, -0.1) is 0 Å². The number of hydrogen-bond acceptors (Lipinski definition) is 4. The normalized spacial score (nSPS) is 22.8. The Bertz CT molecular complexity index is 1080. The molecular weight excluding hydrogens is 422 g/mol. The molecule has 1 aromatic carbocycles. The van der Waals surface area contributed by atoms with Crippen molar-refractivity contribution in [2.75, 3.05) is 0 Å². The molecule has 0 bridgehead atoms. The van der Waals surface area contributed by atoms with Gasteiger partial charge in [-0.05, 0) is 44.4 Å². The van der Waals surface area contributed by atoms with Gasteiger partial charge in [0, 0.05) is 29.6 Å². The van der Waals surface area contributed by atoms with Gasteiger partial charge >= 0.3 is 0 Å². The summed E-state index contributed by atoms with van der Waals surface area (Å²) >= 11 is 6.31. The number of halogens is 1. The molecule has 168 valence electrons. The third-order valence-electron chi connectivity index (χ3n) is 5.95. The molecule has 32 heavy (non-hydrogen) atoms. The summed E-state index contributed by atoms with van der Waals surface area (Å²) < 4.78 is 0. The second-order valence-corrected chi connectivity index (χ2v) is 9.19. The van der Waals surface area contributed by atoms with Crippen LogP contribution >= 0.6 is 11.6 Å². The zero-order valence-corrected chi connectivity index (χ0v) is 20.0. The number of hydrogen-bond donors (Lipinski definition) is 1. The maximum atomic E-state index is 12.9. The lowest BCUT2D eigenvalue weighted by molar-refractivity contribution is -0.144. The number of fused-ring (bicyclic) bond motifs is 1. The van der Waals surface area contributed by atoms with Crippen LogP contribution in [0, 0.1) is 12.8 Å². The number of ketones is 2. The molecule has 0 fully saturated rings. The van der Waals surface area contributed by atoms with Crippen molar-refractivity contribution in [3.63, 3.8) is 0 Å². The maximum absolute atomic E-state index is 12.9. The van der Waals surface area contributed by atoms with Crippen molar-refractivity contribution in [3.8, 4) is 0 Å². The van der Waals surface area contributed by atoms with Crippen molar-refractivity contribution < 1.29 is 14.7 Å². The molecule has 2 aliphatic rings. The van der Waals surface area contributed by atoms with Crippen LogP contribution in [0.5, 0.6) is 0 Å². The van der Waals surface area contributed by atoms with Gasteiger partial charge in [-0.3, -0.25) is 9.59 Å². The first kappa shape index (κ1) is 24.0. The van der Waals surface area contributed by atoms with Crippen molar-refractivity contribution in [3.05, 3.63) is 93.3 Å². The smallest absolute Gasteiger partial charge is 0.214 e. The number of aryl methyl sites for hydroxylation is 1. The van der Waals surface area contributed by atoms with E-state index < -0.39 is 17.2 Å². The molecule has 5 heteroatoms. The summed E-state index contributed by atoms with van der Waals surface area (Å²) in [6.45, 7) is 10.1. The highest BCUT2D eigenvalue weighted by molar-refractivity contribution is 6.49. The summed E-state index contributed by atoms with van der Waals surface area (Å²) in [6.07, 6.45) is 10.7. The summed E-state index contributed by atoms with van der Waals surface area (Å²) in [7, 11) is 0. The Labute approximate surface area is 195 Å². The standard InChI is InChI=1S/C27H30ClNO3/c1-6-17(2)13-19(4)9-12-21-14-22-23(25(30)27(5,32)26(31)24(22)28)16-29(21)15-20-10-7-18(3)8-11-20/h7-14,16-17,32H,6,15H2,1-5H3/b12-9+,19-13+/t17-,27+/m0/s1. The Balaban J connectivity index is 2.05. The summed E-state index contributed by atoms with van der Waals surface area (Å²) in [5, 5.41) is 10.3. The average Bonchev–Trinajstić information content (AvgIpc) is 2.76. The molecule has 0 aromatic heterocycles. The molecular formula is C27H30ClNO3. The van der Waals surface area contributed by atoms with E-state index in [2.05, 4.69) is 26.8 Å². The van der Waals surface area contributed by atoms with Gasteiger partial charge in [0.1, 0.15) is 0 Å². The van der Waals surface area contributed by atoms with Crippen molar-refractivity contribution in [1.82, 2.24) is 4.90 Å². The average molecular weight is 452 g/mol. The number of carbonyl (C=O) groups excluding carboxylic acids is 2. The molecule has 0 saturated carbocycles. The molecule has 0 unspecified atom stereocenters. The van der Waals surface area contributed by atoms with Crippen LogP contribution < -0.4 is 0 Å². The van der Waals surface area contributed by atoms with Crippen LogP contribution in [0.3, 0.4) is 0 Å². The topological polar surface area (TPSA) is 57.6 Å².